The van der Waals surface area contributed by atoms with Crippen LogP contribution in [0.25, 0.3) is 0 Å². The van der Waals surface area contributed by atoms with Crippen LogP contribution in [0.5, 0.6) is 0 Å². The third kappa shape index (κ3) is 6.13. The number of nitrogens with zero attached hydrogens (tertiary/aromatic N) is 1. The van der Waals surface area contributed by atoms with Crippen molar-refractivity contribution in [2.75, 3.05) is 19.5 Å². The first-order valence-corrected chi connectivity index (χ1v) is 4.94. The normalized spacial score (nSPS) is 23.6. The molecule has 1 fully saturated rings. The van der Waals surface area contributed by atoms with E-state index in [1.54, 1.807) is 4.90 Å². The summed E-state index contributed by atoms with van der Waals surface area (Å²) in [6.07, 6.45) is 2.43. The van der Waals surface area contributed by atoms with Crippen molar-refractivity contribution in [2.45, 2.75) is 26.2 Å². The Labute approximate surface area is 126 Å². The quantitative estimate of drug-likeness (QED) is 0.592. The zero-order chi connectivity index (χ0) is 9.90. The molecule has 1 nitrogen and oxygen atoms in total. The van der Waals surface area contributed by atoms with E-state index in [1.807, 2.05) is 0 Å². The summed E-state index contributed by atoms with van der Waals surface area (Å²) >= 11 is 0. The summed E-state index contributed by atoms with van der Waals surface area (Å²) in [4.78, 5) is 1.54. The van der Waals surface area contributed by atoms with Gasteiger partial charge in [-0.05, 0) is 38.3 Å². The van der Waals surface area contributed by atoms with Crippen LogP contribution in [0.4, 0.5) is 12.9 Å². The van der Waals surface area contributed by atoms with E-state index in [0.717, 1.165) is 19.3 Å². The van der Waals surface area contributed by atoms with Crippen molar-refractivity contribution in [3.05, 3.63) is 0 Å². The molecule has 1 aliphatic heterocycles. The molecule has 0 N–H and O–H groups in total. The maximum atomic E-state index is 12.0. The third-order valence-corrected chi connectivity index (χ3v) is 2.53. The van der Waals surface area contributed by atoms with Crippen LogP contribution < -0.4 is 51.4 Å². The molecule has 0 spiro atoms. The molecule has 0 aromatic rings. The van der Waals surface area contributed by atoms with E-state index in [0.29, 0.717) is 19.0 Å². The molecular formula is C8H16BF3KN. The van der Waals surface area contributed by atoms with Gasteiger partial charge in [0.15, 0.2) is 0 Å². The second-order valence-corrected chi connectivity index (χ2v) is 3.91. The van der Waals surface area contributed by atoms with E-state index in [-0.39, 0.29) is 51.4 Å². The molecular weight excluding hydrogens is 217 g/mol. The molecule has 1 rings (SSSR count). The Morgan fingerprint density at radius 3 is 2.50 bits per heavy atom. The van der Waals surface area contributed by atoms with E-state index in [4.69, 9.17) is 0 Å². The molecule has 0 aliphatic carbocycles. The number of likely N-dealkylation sites (tertiary alicyclic amines) is 1. The fraction of sp³-hybridized carbons (Fsp3) is 1.00. The monoisotopic (exact) mass is 233 g/mol. The van der Waals surface area contributed by atoms with Crippen molar-refractivity contribution in [3.63, 3.8) is 0 Å². The standard InChI is InChI=1S/C8H16BF3N.K/c1-2-3-8-4-5-13(6-8)7-9(10,11)12;/h8H,2-7H2,1H3;/q-1;+1. The van der Waals surface area contributed by atoms with Gasteiger partial charge in [-0.2, -0.15) is 0 Å². The molecule has 0 aromatic heterocycles. The van der Waals surface area contributed by atoms with Crippen LogP contribution in [-0.4, -0.2) is 31.4 Å². The van der Waals surface area contributed by atoms with E-state index < -0.39 is 13.4 Å². The van der Waals surface area contributed by atoms with Gasteiger partial charge >= 0.3 is 58.4 Å². The van der Waals surface area contributed by atoms with Gasteiger partial charge in [0.05, 0.1) is 0 Å². The molecule has 0 aromatic carbocycles. The molecule has 0 radical (unpaired) electrons. The summed E-state index contributed by atoms with van der Waals surface area (Å²) in [5, 5.41) is 0. The van der Waals surface area contributed by atoms with E-state index in [1.165, 1.54) is 0 Å². The van der Waals surface area contributed by atoms with Crippen molar-refractivity contribution >= 4 is 6.98 Å². The van der Waals surface area contributed by atoms with Gasteiger partial charge in [0.25, 0.3) is 0 Å². The van der Waals surface area contributed by atoms with Gasteiger partial charge < -0.3 is 17.8 Å². The fourth-order valence-electron chi connectivity index (χ4n) is 2.02. The number of hydrogen-bond acceptors (Lipinski definition) is 1. The van der Waals surface area contributed by atoms with Gasteiger partial charge in [-0.1, -0.05) is 13.3 Å². The maximum Gasteiger partial charge on any atom is 1.00 e. The minimum atomic E-state index is -4.62. The fourth-order valence-corrected chi connectivity index (χ4v) is 2.02. The van der Waals surface area contributed by atoms with Crippen LogP contribution >= 0.6 is 0 Å². The second kappa shape index (κ2) is 6.91. The number of halogens is 3. The van der Waals surface area contributed by atoms with E-state index in [9.17, 15) is 12.9 Å². The first kappa shape index (κ1) is 15.5. The molecule has 1 aliphatic rings. The molecule has 6 heteroatoms. The SMILES string of the molecule is CCCC1CCN(C[B-](F)(F)F)C1.[K+]. The number of hydrogen-bond donors (Lipinski definition) is 0. The smallest absolute Gasteiger partial charge is 0.448 e. The third-order valence-electron chi connectivity index (χ3n) is 2.53. The summed E-state index contributed by atoms with van der Waals surface area (Å²) in [5.74, 6) is 0.503. The molecule has 0 saturated carbocycles. The zero-order valence-corrected chi connectivity index (χ0v) is 12.1. The van der Waals surface area contributed by atoms with Crippen LogP contribution in [0.3, 0.4) is 0 Å². The van der Waals surface area contributed by atoms with Crippen molar-refractivity contribution in [1.29, 1.82) is 0 Å². The molecule has 14 heavy (non-hydrogen) atoms. The molecule has 0 amide bonds. The Kier molecular flexibility index (Phi) is 7.63. The summed E-state index contributed by atoms with van der Waals surface area (Å²) in [6.45, 7) is -1.26. The van der Waals surface area contributed by atoms with Gasteiger partial charge in [0.1, 0.15) is 0 Å². The van der Waals surface area contributed by atoms with Gasteiger partial charge in [-0.25, -0.2) is 0 Å². The minimum absolute atomic E-state index is 0. The van der Waals surface area contributed by atoms with Gasteiger partial charge in [0.2, 0.25) is 0 Å². The average Bonchev–Trinajstić information content (AvgIpc) is 2.33. The van der Waals surface area contributed by atoms with Gasteiger partial charge in [-0.3, -0.25) is 0 Å². The summed E-state index contributed by atoms with van der Waals surface area (Å²) < 4.78 is 36.1. The van der Waals surface area contributed by atoms with Crippen molar-refractivity contribution in [2.24, 2.45) is 5.92 Å². The average molecular weight is 233 g/mol. The van der Waals surface area contributed by atoms with Gasteiger partial charge in [0, 0.05) is 0 Å². The maximum absolute atomic E-state index is 12.0. The largest absolute Gasteiger partial charge is 1.00 e. The zero-order valence-electron chi connectivity index (χ0n) is 8.98. The van der Waals surface area contributed by atoms with Gasteiger partial charge in [-0.15, -0.1) is 0 Å². The second-order valence-electron chi connectivity index (χ2n) is 3.91. The molecule has 1 saturated heterocycles. The molecule has 78 valence electrons. The van der Waals surface area contributed by atoms with Crippen molar-refractivity contribution in [3.8, 4) is 0 Å². The molecule has 0 bridgehead atoms. The van der Waals surface area contributed by atoms with Crippen LogP contribution in [-0.2, 0) is 0 Å². The minimum Gasteiger partial charge on any atom is -0.448 e. The predicted octanol–water partition coefficient (Wildman–Crippen LogP) is -0.501. The predicted molar refractivity (Wildman–Crippen MR) is 48.5 cm³/mol. The Bertz CT molecular complexity index is 165. The molecule has 1 atom stereocenters. The summed E-state index contributed by atoms with van der Waals surface area (Å²) in [7, 11) is 0. The van der Waals surface area contributed by atoms with E-state index >= 15 is 0 Å². The summed E-state index contributed by atoms with van der Waals surface area (Å²) in [5.41, 5.74) is 0. The Balaban J connectivity index is 0.00000169. The Hall–Kier alpha value is 1.45. The first-order valence-electron chi connectivity index (χ1n) is 4.94. The van der Waals surface area contributed by atoms with E-state index in [2.05, 4.69) is 6.92 Å². The Morgan fingerprint density at radius 1 is 1.36 bits per heavy atom. The summed E-state index contributed by atoms with van der Waals surface area (Å²) in [6, 6.07) is 0. The van der Waals surface area contributed by atoms with Crippen molar-refractivity contribution < 1.29 is 64.3 Å². The van der Waals surface area contributed by atoms with Crippen LogP contribution in [0.2, 0.25) is 0 Å². The van der Waals surface area contributed by atoms with Crippen LogP contribution in [0, 0.1) is 5.92 Å². The van der Waals surface area contributed by atoms with Crippen molar-refractivity contribution in [1.82, 2.24) is 4.90 Å². The Morgan fingerprint density at radius 2 is 2.00 bits per heavy atom. The topological polar surface area (TPSA) is 3.24 Å². The van der Waals surface area contributed by atoms with Crippen LogP contribution in [0.15, 0.2) is 0 Å². The molecule has 1 unspecified atom stereocenters. The van der Waals surface area contributed by atoms with Crippen LogP contribution in [0.1, 0.15) is 26.2 Å². The molecule has 1 heterocycles. The first-order chi connectivity index (χ1) is 6.01. The number of rotatable bonds is 4.